The predicted molar refractivity (Wildman–Crippen MR) is 163 cm³/mol. The molecule has 0 fully saturated rings. The van der Waals surface area contributed by atoms with Gasteiger partial charge in [0.1, 0.15) is 0 Å². The fourth-order valence-corrected chi connectivity index (χ4v) is 8.22. The van der Waals surface area contributed by atoms with Gasteiger partial charge in [-0.2, -0.15) is 0 Å². The van der Waals surface area contributed by atoms with E-state index in [0.29, 0.717) is 34.7 Å². The third kappa shape index (κ3) is 4.96. The van der Waals surface area contributed by atoms with Crippen molar-refractivity contribution in [1.82, 2.24) is 4.98 Å². The quantitative estimate of drug-likeness (QED) is 0.0951. The minimum atomic E-state index is -0.414. The Morgan fingerprint density at radius 3 is 2.24 bits per heavy atom. The SMILES string of the molecule is Cc1ccc(C)c(NC(=O)CSc2nc3ccc(N4C(=O)c5c(Br)c(Br)c(Br)c(Br)c5C4=O)cc3s2)c1. The van der Waals surface area contributed by atoms with Crippen molar-refractivity contribution in [2.45, 2.75) is 18.2 Å². The highest BCUT2D eigenvalue weighted by Crippen LogP contribution is 2.46. The van der Waals surface area contributed by atoms with Crippen molar-refractivity contribution in [3.63, 3.8) is 0 Å². The number of hydrogen-bond acceptors (Lipinski definition) is 6. The first-order valence-corrected chi connectivity index (χ1v) is 15.7. The van der Waals surface area contributed by atoms with E-state index in [1.54, 1.807) is 18.2 Å². The van der Waals surface area contributed by atoms with Gasteiger partial charge in [0, 0.05) is 23.6 Å². The minimum Gasteiger partial charge on any atom is -0.325 e. The highest BCUT2D eigenvalue weighted by atomic mass is 79.9. The number of aryl methyl sites for hydroxylation is 2. The first-order valence-electron chi connectivity index (χ1n) is 10.7. The van der Waals surface area contributed by atoms with Crippen LogP contribution in [0.3, 0.4) is 0 Å². The van der Waals surface area contributed by atoms with Gasteiger partial charge in [0.15, 0.2) is 4.34 Å². The summed E-state index contributed by atoms with van der Waals surface area (Å²) in [6, 6.07) is 11.2. The van der Waals surface area contributed by atoms with Crippen LogP contribution in [-0.2, 0) is 4.79 Å². The number of nitrogens with zero attached hydrogens (tertiary/aromatic N) is 2. The number of halogens is 4. The molecule has 3 aromatic carbocycles. The number of rotatable bonds is 5. The van der Waals surface area contributed by atoms with Crippen molar-refractivity contribution in [2.24, 2.45) is 0 Å². The fraction of sp³-hybridized carbons (Fsp3) is 0.120. The third-order valence-corrected chi connectivity index (χ3v) is 12.6. The number of amides is 3. The van der Waals surface area contributed by atoms with Crippen LogP contribution in [0.15, 0.2) is 58.6 Å². The Kier molecular flexibility index (Phi) is 7.69. The molecule has 0 saturated heterocycles. The number of carbonyl (C=O) groups is 3. The van der Waals surface area contributed by atoms with Crippen LogP contribution in [0.25, 0.3) is 10.2 Å². The number of nitrogens with one attached hydrogen (secondary N) is 1. The van der Waals surface area contributed by atoms with Gasteiger partial charge in [0.25, 0.3) is 11.8 Å². The Bertz CT molecular complexity index is 1610. The van der Waals surface area contributed by atoms with Crippen molar-refractivity contribution in [2.75, 3.05) is 16.0 Å². The van der Waals surface area contributed by atoms with Crippen LogP contribution >= 0.6 is 86.8 Å². The van der Waals surface area contributed by atoms with Crippen molar-refractivity contribution >= 4 is 126 Å². The lowest BCUT2D eigenvalue weighted by Crippen LogP contribution is -2.29. The molecule has 0 atom stereocenters. The maximum absolute atomic E-state index is 13.3. The molecule has 5 rings (SSSR count). The molecule has 0 saturated carbocycles. The Balaban J connectivity index is 1.36. The van der Waals surface area contributed by atoms with E-state index in [2.05, 4.69) is 74.0 Å². The summed E-state index contributed by atoms with van der Waals surface area (Å²) in [4.78, 5) is 44.9. The second kappa shape index (κ2) is 10.5. The number of thioether (sulfide) groups is 1. The summed E-state index contributed by atoms with van der Waals surface area (Å²) < 4.78 is 3.84. The van der Waals surface area contributed by atoms with Crippen molar-refractivity contribution < 1.29 is 14.4 Å². The first kappa shape index (κ1) is 27.0. The second-order valence-corrected chi connectivity index (χ2v) is 13.7. The average Bonchev–Trinajstić information content (AvgIpc) is 3.39. The first-order chi connectivity index (χ1) is 17.6. The molecule has 0 radical (unpaired) electrons. The summed E-state index contributed by atoms with van der Waals surface area (Å²) in [7, 11) is 0. The molecule has 12 heteroatoms. The van der Waals surface area contributed by atoms with E-state index in [1.165, 1.54) is 28.0 Å². The molecule has 188 valence electrons. The topological polar surface area (TPSA) is 79.4 Å². The van der Waals surface area contributed by atoms with Crippen LogP contribution in [0.4, 0.5) is 11.4 Å². The molecule has 0 bridgehead atoms. The van der Waals surface area contributed by atoms with Crippen molar-refractivity contribution in [3.8, 4) is 0 Å². The zero-order valence-corrected chi connectivity index (χ0v) is 27.1. The maximum Gasteiger partial charge on any atom is 0.267 e. The van der Waals surface area contributed by atoms with Crippen LogP contribution in [0, 0.1) is 13.8 Å². The number of aromatic nitrogens is 1. The minimum absolute atomic E-state index is 0.113. The van der Waals surface area contributed by atoms with E-state index in [1.807, 2.05) is 32.0 Å². The van der Waals surface area contributed by atoms with Crippen molar-refractivity contribution in [3.05, 3.63) is 76.5 Å². The van der Waals surface area contributed by atoms with E-state index in [0.717, 1.165) is 31.4 Å². The zero-order valence-electron chi connectivity index (χ0n) is 19.1. The second-order valence-electron chi connectivity index (χ2n) is 8.24. The summed E-state index contributed by atoms with van der Waals surface area (Å²) in [5.41, 5.74) is 4.66. The van der Waals surface area contributed by atoms with Crippen LogP contribution in [0.1, 0.15) is 31.8 Å². The molecular formula is C25H15Br4N3O3S2. The van der Waals surface area contributed by atoms with Gasteiger partial charge < -0.3 is 5.32 Å². The zero-order chi connectivity index (χ0) is 26.6. The molecule has 4 aromatic rings. The molecule has 0 unspecified atom stereocenters. The molecule has 0 aliphatic carbocycles. The Hall–Kier alpha value is -1.57. The lowest BCUT2D eigenvalue weighted by atomic mass is 10.1. The van der Waals surface area contributed by atoms with Gasteiger partial charge in [-0.05, 0) is 113 Å². The summed E-state index contributed by atoms with van der Waals surface area (Å²) in [5, 5.41) is 2.96. The lowest BCUT2D eigenvalue weighted by Gasteiger charge is -2.13. The van der Waals surface area contributed by atoms with Gasteiger partial charge in [0.05, 0.1) is 32.8 Å². The summed E-state index contributed by atoms with van der Waals surface area (Å²) in [5.74, 6) is -0.729. The average molecular weight is 789 g/mol. The fourth-order valence-electron chi connectivity index (χ4n) is 3.86. The molecule has 1 aliphatic heterocycles. The number of thiazole rings is 1. The highest BCUT2D eigenvalue weighted by molar-refractivity contribution is 9.15. The number of carbonyl (C=O) groups excluding carboxylic acids is 3. The molecule has 0 spiro atoms. The highest BCUT2D eigenvalue weighted by Gasteiger charge is 2.42. The normalized spacial score (nSPS) is 13.0. The van der Waals surface area contributed by atoms with Crippen LogP contribution in [0.5, 0.6) is 0 Å². The number of anilines is 2. The summed E-state index contributed by atoms with van der Waals surface area (Å²) >= 11 is 16.5. The smallest absolute Gasteiger partial charge is 0.267 e. The Morgan fingerprint density at radius 2 is 1.59 bits per heavy atom. The number of benzene rings is 3. The molecule has 37 heavy (non-hydrogen) atoms. The Labute approximate surface area is 254 Å². The van der Waals surface area contributed by atoms with E-state index >= 15 is 0 Å². The van der Waals surface area contributed by atoms with Gasteiger partial charge in [-0.15, -0.1) is 11.3 Å². The summed E-state index contributed by atoms with van der Waals surface area (Å²) in [6.45, 7) is 3.94. The van der Waals surface area contributed by atoms with Gasteiger partial charge in [-0.3, -0.25) is 14.4 Å². The number of fused-ring (bicyclic) bond motifs is 2. The molecule has 1 N–H and O–H groups in total. The molecule has 6 nitrogen and oxygen atoms in total. The van der Waals surface area contributed by atoms with E-state index < -0.39 is 11.8 Å². The largest absolute Gasteiger partial charge is 0.325 e. The lowest BCUT2D eigenvalue weighted by molar-refractivity contribution is -0.113. The standard InChI is InChI=1S/C25H15Br4N3O3S2/c1-10-3-4-11(2)14(7-10)30-16(33)9-36-25-31-13-6-5-12(8-15(13)37-25)32-23(34)17-18(24(32)35)20(27)22(29)21(28)19(17)26/h3-8H,9H2,1-2H3,(H,30,33). The Morgan fingerprint density at radius 1 is 0.946 bits per heavy atom. The van der Waals surface area contributed by atoms with E-state index in [9.17, 15) is 14.4 Å². The maximum atomic E-state index is 13.3. The molecule has 1 aliphatic rings. The molecule has 3 amide bonds. The third-order valence-electron chi connectivity index (χ3n) is 5.71. The van der Waals surface area contributed by atoms with Gasteiger partial charge in [0.2, 0.25) is 5.91 Å². The van der Waals surface area contributed by atoms with Crippen LogP contribution in [0.2, 0.25) is 0 Å². The number of hydrogen-bond donors (Lipinski definition) is 1. The van der Waals surface area contributed by atoms with Gasteiger partial charge >= 0.3 is 0 Å². The number of imide groups is 1. The van der Waals surface area contributed by atoms with Gasteiger partial charge in [-0.25, -0.2) is 9.88 Å². The molecular weight excluding hydrogens is 774 g/mol. The molecule has 1 aromatic heterocycles. The predicted octanol–water partition coefficient (Wildman–Crippen LogP) is 8.49. The van der Waals surface area contributed by atoms with Gasteiger partial charge in [-0.1, -0.05) is 23.9 Å². The van der Waals surface area contributed by atoms with Crippen LogP contribution in [-0.4, -0.2) is 28.5 Å². The summed E-state index contributed by atoms with van der Waals surface area (Å²) in [6.07, 6.45) is 0. The van der Waals surface area contributed by atoms with E-state index in [4.69, 9.17) is 0 Å². The van der Waals surface area contributed by atoms with Crippen LogP contribution < -0.4 is 10.2 Å². The monoisotopic (exact) mass is 785 g/mol. The molecule has 2 heterocycles. The van der Waals surface area contributed by atoms with Crippen molar-refractivity contribution in [1.29, 1.82) is 0 Å². The van der Waals surface area contributed by atoms with E-state index in [-0.39, 0.29) is 11.7 Å².